The number of nitrogens with zero attached hydrogens (tertiary/aromatic N) is 1. The number of anilines is 1. The van der Waals surface area contributed by atoms with E-state index in [0.29, 0.717) is 28.1 Å². The Hall–Kier alpha value is -2.65. The van der Waals surface area contributed by atoms with Gasteiger partial charge in [-0.2, -0.15) is 0 Å². The van der Waals surface area contributed by atoms with E-state index in [-0.39, 0.29) is 16.6 Å². The highest BCUT2D eigenvalue weighted by molar-refractivity contribution is 7.93. The van der Waals surface area contributed by atoms with Gasteiger partial charge in [0.25, 0.3) is 10.0 Å². The summed E-state index contributed by atoms with van der Waals surface area (Å²) in [5, 5.41) is 0.222. The van der Waals surface area contributed by atoms with E-state index < -0.39 is 16.0 Å². The summed E-state index contributed by atoms with van der Waals surface area (Å²) in [6.07, 6.45) is 0. The number of aromatic nitrogens is 1. The Morgan fingerprint density at radius 1 is 1.11 bits per heavy atom. The predicted octanol–water partition coefficient (Wildman–Crippen LogP) is 3.67. The lowest BCUT2D eigenvalue weighted by atomic mass is 10.2. The summed E-state index contributed by atoms with van der Waals surface area (Å²) < 4.78 is 38.5. The van der Waals surface area contributed by atoms with Crippen molar-refractivity contribution in [3.63, 3.8) is 0 Å². The minimum Gasteiger partial charge on any atom is -0.494 e. The Labute approximate surface area is 161 Å². The fourth-order valence-corrected chi connectivity index (χ4v) is 4.51. The number of sulfonamides is 1. The minimum atomic E-state index is -3.78. The summed E-state index contributed by atoms with van der Waals surface area (Å²) in [5.74, 6) is 0.173. The number of esters is 1. The molecule has 0 radical (unpaired) electrons. The molecule has 0 saturated heterocycles. The smallest absolute Gasteiger partial charge is 0.338 e. The molecule has 142 valence electrons. The Morgan fingerprint density at radius 3 is 2.52 bits per heavy atom. The number of ether oxygens (including phenoxy) is 2. The number of hydrogen-bond acceptors (Lipinski definition) is 7. The molecular formula is C18H18N2O5S2. The molecule has 0 aliphatic rings. The van der Waals surface area contributed by atoms with E-state index in [1.165, 1.54) is 12.1 Å². The molecule has 3 rings (SSSR count). The van der Waals surface area contributed by atoms with Crippen LogP contribution in [-0.2, 0) is 14.8 Å². The third-order valence-corrected chi connectivity index (χ3v) is 5.98. The number of carbonyl (C=O) groups excluding carboxylic acids is 1. The summed E-state index contributed by atoms with van der Waals surface area (Å²) >= 11 is 1.15. The number of nitrogens with one attached hydrogen (secondary N) is 1. The summed E-state index contributed by atoms with van der Waals surface area (Å²) in [4.78, 5) is 16.2. The van der Waals surface area contributed by atoms with Gasteiger partial charge in [-0.15, -0.1) is 0 Å². The van der Waals surface area contributed by atoms with Crippen LogP contribution in [0.1, 0.15) is 24.2 Å². The highest BCUT2D eigenvalue weighted by atomic mass is 32.2. The van der Waals surface area contributed by atoms with Crippen LogP contribution >= 0.6 is 11.3 Å². The van der Waals surface area contributed by atoms with E-state index in [4.69, 9.17) is 9.47 Å². The van der Waals surface area contributed by atoms with Gasteiger partial charge in [-0.25, -0.2) is 18.2 Å². The second-order valence-corrected chi connectivity index (χ2v) is 8.14. The van der Waals surface area contributed by atoms with Crippen LogP contribution in [0.2, 0.25) is 0 Å². The maximum absolute atomic E-state index is 12.5. The van der Waals surface area contributed by atoms with Gasteiger partial charge < -0.3 is 9.47 Å². The molecule has 0 atom stereocenters. The molecule has 7 nitrogen and oxygen atoms in total. The van der Waals surface area contributed by atoms with Crippen molar-refractivity contribution in [2.24, 2.45) is 0 Å². The lowest BCUT2D eigenvalue weighted by Gasteiger charge is -2.06. The van der Waals surface area contributed by atoms with Gasteiger partial charge in [0.15, 0.2) is 5.13 Å². The van der Waals surface area contributed by atoms with E-state index in [9.17, 15) is 13.2 Å². The number of carbonyl (C=O) groups is 1. The van der Waals surface area contributed by atoms with Gasteiger partial charge >= 0.3 is 5.97 Å². The number of thiazole rings is 1. The molecule has 0 spiro atoms. The van der Waals surface area contributed by atoms with Crippen LogP contribution in [-0.4, -0.2) is 32.6 Å². The molecule has 0 aliphatic heterocycles. The highest BCUT2D eigenvalue weighted by Gasteiger charge is 2.17. The molecule has 0 fully saturated rings. The zero-order valence-corrected chi connectivity index (χ0v) is 16.4. The van der Waals surface area contributed by atoms with Crippen molar-refractivity contribution >= 4 is 42.7 Å². The molecule has 1 aromatic heterocycles. The summed E-state index contributed by atoms with van der Waals surface area (Å²) in [6.45, 7) is 4.38. The standard InChI is InChI=1S/C18H18N2O5S2/c1-3-24-13-6-8-14(9-7-13)27(22,23)20-18-19-15-10-5-12(11-16(15)26-18)17(21)25-4-2/h5-11H,3-4H2,1-2H3,(H,19,20). The first-order chi connectivity index (χ1) is 12.9. The quantitative estimate of drug-likeness (QED) is 0.602. The van der Waals surface area contributed by atoms with Crippen molar-refractivity contribution < 1.29 is 22.7 Å². The largest absolute Gasteiger partial charge is 0.494 e. The van der Waals surface area contributed by atoms with Crippen LogP contribution in [0.4, 0.5) is 5.13 Å². The third-order valence-electron chi connectivity index (χ3n) is 3.57. The van der Waals surface area contributed by atoms with Crippen LogP contribution in [0.15, 0.2) is 47.4 Å². The van der Waals surface area contributed by atoms with Gasteiger partial charge in [-0.05, 0) is 56.3 Å². The van der Waals surface area contributed by atoms with Gasteiger partial charge in [-0.3, -0.25) is 4.72 Å². The second kappa shape index (κ2) is 7.93. The molecule has 0 aliphatic carbocycles. The number of fused-ring (bicyclic) bond motifs is 1. The Morgan fingerprint density at radius 2 is 1.85 bits per heavy atom. The fourth-order valence-electron chi connectivity index (χ4n) is 2.37. The Kier molecular flexibility index (Phi) is 5.62. The maximum atomic E-state index is 12.5. The van der Waals surface area contributed by atoms with E-state index in [2.05, 4.69) is 9.71 Å². The van der Waals surface area contributed by atoms with Crippen LogP contribution in [0.25, 0.3) is 10.2 Å². The van der Waals surface area contributed by atoms with Crippen molar-refractivity contribution in [3.05, 3.63) is 48.0 Å². The fraction of sp³-hybridized carbons (Fsp3) is 0.222. The average Bonchev–Trinajstić information content (AvgIpc) is 3.03. The van der Waals surface area contributed by atoms with Gasteiger partial charge in [-0.1, -0.05) is 11.3 Å². The third kappa shape index (κ3) is 4.37. The van der Waals surface area contributed by atoms with Crippen molar-refractivity contribution in [2.45, 2.75) is 18.7 Å². The van der Waals surface area contributed by atoms with Crippen molar-refractivity contribution in [1.82, 2.24) is 4.98 Å². The van der Waals surface area contributed by atoms with Crippen LogP contribution in [0.5, 0.6) is 5.75 Å². The predicted molar refractivity (Wildman–Crippen MR) is 104 cm³/mol. The molecule has 3 aromatic rings. The van der Waals surface area contributed by atoms with Crippen molar-refractivity contribution in [2.75, 3.05) is 17.9 Å². The number of benzene rings is 2. The Balaban J connectivity index is 1.83. The first-order valence-corrected chi connectivity index (χ1v) is 10.6. The number of hydrogen-bond donors (Lipinski definition) is 1. The highest BCUT2D eigenvalue weighted by Crippen LogP contribution is 2.29. The minimum absolute atomic E-state index is 0.109. The molecule has 0 saturated carbocycles. The van der Waals surface area contributed by atoms with Gasteiger partial charge in [0.2, 0.25) is 0 Å². The first kappa shape index (κ1) is 19.1. The molecule has 1 heterocycles. The summed E-state index contributed by atoms with van der Waals surface area (Å²) in [5.41, 5.74) is 0.992. The number of rotatable bonds is 7. The van der Waals surface area contributed by atoms with Gasteiger partial charge in [0, 0.05) is 0 Å². The van der Waals surface area contributed by atoms with E-state index >= 15 is 0 Å². The molecular weight excluding hydrogens is 388 g/mol. The topological polar surface area (TPSA) is 94.6 Å². The van der Waals surface area contributed by atoms with Crippen LogP contribution in [0, 0.1) is 0 Å². The van der Waals surface area contributed by atoms with Crippen molar-refractivity contribution in [1.29, 1.82) is 0 Å². The lowest BCUT2D eigenvalue weighted by Crippen LogP contribution is -2.12. The van der Waals surface area contributed by atoms with E-state index in [0.717, 1.165) is 11.3 Å². The van der Waals surface area contributed by atoms with Gasteiger partial charge in [0.1, 0.15) is 5.75 Å². The molecule has 27 heavy (non-hydrogen) atoms. The zero-order valence-electron chi connectivity index (χ0n) is 14.8. The van der Waals surface area contributed by atoms with Crippen LogP contribution in [0.3, 0.4) is 0 Å². The van der Waals surface area contributed by atoms with E-state index in [1.807, 2.05) is 6.92 Å². The SMILES string of the molecule is CCOC(=O)c1ccc2nc(NS(=O)(=O)c3ccc(OCC)cc3)sc2c1. The molecule has 0 unspecified atom stereocenters. The molecule has 1 N–H and O–H groups in total. The molecule has 2 aromatic carbocycles. The Bertz CT molecular complexity index is 1060. The summed E-state index contributed by atoms with van der Waals surface area (Å²) in [6, 6.07) is 11.0. The molecule has 0 amide bonds. The normalized spacial score (nSPS) is 11.3. The second-order valence-electron chi connectivity index (χ2n) is 5.43. The van der Waals surface area contributed by atoms with Crippen LogP contribution < -0.4 is 9.46 Å². The average molecular weight is 406 g/mol. The molecule has 9 heteroatoms. The monoisotopic (exact) mass is 406 g/mol. The first-order valence-electron chi connectivity index (χ1n) is 8.26. The van der Waals surface area contributed by atoms with Crippen molar-refractivity contribution in [3.8, 4) is 5.75 Å². The van der Waals surface area contributed by atoms with Gasteiger partial charge in [0.05, 0.1) is 33.9 Å². The summed E-state index contributed by atoms with van der Waals surface area (Å²) in [7, 11) is -3.78. The maximum Gasteiger partial charge on any atom is 0.338 e. The lowest BCUT2D eigenvalue weighted by molar-refractivity contribution is 0.0526. The molecule has 0 bridgehead atoms. The zero-order chi connectivity index (χ0) is 19.4. The van der Waals surface area contributed by atoms with E-state index in [1.54, 1.807) is 37.3 Å².